The summed E-state index contributed by atoms with van der Waals surface area (Å²) in [4.78, 5) is 19.0. The molecule has 132 valence electrons. The number of carbonyl (C=O) groups is 1. The summed E-state index contributed by atoms with van der Waals surface area (Å²) in [5.74, 6) is 1.78. The third kappa shape index (κ3) is 3.14. The number of aryl methyl sites for hydroxylation is 1. The predicted octanol–water partition coefficient (Wildman–Crippen LogP) is 2.37. The lowest BCUT2D eigenvalue weighted by molar-refractivity contribution is -0.0387. The number of morpholine rings is 1. The molecule has 2 heterocycles. The topological polar surface area (TPSA) is 80.5 Å². The number of amides is 2. The molecule has 2 saturated carbocycles. The summed E-state index contributed by atoms with van der Waals surface area (Å²) in [6, 6.07) is 0.615. The highest BCUT2D eigenvalue weighted by Gasteiger charge is 2.39. The van der Waals surface area contributed by atoms with Crippen molar-refractivity contribution in [2.45, 2.75) is 76.0 Å². The largest absolute Gasteiger partial charge is 0.374 e. The van der Waals surface area contributed by atoms with Crippen molar-refractivity contribution in [1.29, 1.82) is 0 Å². The maximum Gasteiger partial charge on any atom is 0.318 e. The zero-order chi connectivity index (χ0) is 16.5. The first-order chi connectivity index (χ1) is 11.7. The molecule has 1 saturated heterocycles. The molecule has 7 heteroatoms. The van der Waals surface area contributed by atoms with E-state index in [1.165, 1.54) is 0 Å². The van der Waals surface area contributed by atoms with E-state index in [0.717, 1.165) is 50.8 Å². The van der Waals surface area contributed by atoms with Crippen molar-refractivity contribution in [2.75, 3.05) is 13.2 Å². The van der Waals surface area contributed by atoms with Crippen molar-refractivity contribution in [2.24, 2.45) is 0 Å². The van der Waals surface area contributed by atoms with Crippen LogP contribution in [-0.4, -0.2) is 52.4 Å². The Bertz CT molecular complexity index is 582. The van der Waals surface area contributed by atoms with Crippen molar-refractivity contribution in [1.82, 2.24) is 20.4 Å². The van der Waals surface area contributed by atoms with E-state index < -0.39 is 0 Å². The fourth-order valence-electron chi connectivity index (χ4n) is 4.40. The summed E-state index contributed by atoms with van der Waals surface area (Å²) in [5.41, 5.74) is 0. The fourth-order valence-corrected chi connectivity index (χ4v) is 4.40. The summed E-state index contributed by atoms with van der Waals surface area (Å²) in [5, 5.41) is 7.12. The number of hydrogen-bond donors (Lipinski definition) is 1. The zero-order valence-corrected chi connectivity index (χ0v) is 14.2. The van der Waals surface area contributed by atoms with E-state index in [0.29, 0.717) is 24.9 Å². The molecule has 2 aliphatic carbocycles. The first-order valence-electron chi connectivity index (χ1n) is 9.19. The quantitative estimate of drug-likeness (QED) is 0.898. The molecule has 24 heavy (non-hydrogen) atoms. The van der Waals surface area contributed by atoms with Crippen molar-refractivity contribution in [3.8, 4) is 0 Å². The third-order valence-electron chi connectivity index (χ3n) is 5.69. The van der Waals surface area contributed by atoms with Crippen LogP contribution < -0.4 is 5.32 Å². The Labute approximate surface area is 142 Å². The van der Waals surface area contributed by atoms with Crippen LogP contribution in [0.2, 0.25) is 0 Å². The SMILES string of the molecule is Cc1noc(C2CCC(NC(=O)N3CCO[C@@H]4CCC[C@@H]43)CC2)n1. The van der Waals surface area contributed by atoms with Crippen LogP contribution in [0.15, 0.2) is 4.52 Å². The van der Waals surface area contributed by atoms with Crippen LogP contribution in [0.1, 0.15) is 62.6 Å². The van der Waals surface area contributed by atoms with Gasteiger partial charge in [0.15, 0.2) is 5.82 Å². The first kappa shape index (κ1) is 15.9. The molecule has 0 aromatic carbocycles. The first-order valence-corrected chi connectivity index (χ1v) is 9.19. The Morgan fingerprint density at radius 1 is 1.21 bits per heavy atom. The Balaban J connectivity index is 1.29. The molecule has 0 unspecified atom stereocenters. The van der Waals surface area contributed by atoms with E-state index in [4.69, 9.17) is 9.26 Å². The molecule has 1 aromatic heterocycles. The van der Waals surface area contributed by atoms with Gasteiger partial charge in [0.2, 0.25) is 5.89 Å². The highest BCUT2D eigenvalue weighted by atomic mass is 16.5. The van der Waals surface area contributed by atoms with E-state index in [9.17, 15) is 4.79 Å². The number of aromatic nitrogens is 2. The second-order valence-electron chi connectivity index (χ2n) is 7.28. The zero-order valence-electron chi connectivity index (χ0n) is 14.2. The van der Waals surface area contributed by atoms with Gasteiger partial charge >= 0.3 is 6.03 Å². The van der Waals surface area contributed by atoms with Crippen LogP contribution >= 0.6 is 0 Å². The Morgan fingerprint density at radius 2 is 2.04 bits per heavy atom. The van der Waals surface area contributed by atoms with Crippen LogP contribution in [0.25, 0.3) is 0 Å². The van der Waals surface area contributed by atoms with Gasteiger partial charge < -0.3 is 19.5 Å². The third-order valence-corrected chi connectivity index (χ3v) is 5.69. The minimum atomic E-state index is 0.0901. The molecular formula is C17H26N4O3. The molecule has 2 atom stereocenters. The van der Waals surface area contributed by atoms with Gasteiger partial charge in [0, 0.05) is 18.5 Å². The Hall–Kier alpha value is -1.63. The van der Waals surface area contributed by atoms with E-state index in [1.807, 2.05) is 11.8 Å². The van der Waals surface area contributed by atoms with Crippen LogP contribution in [0.5, 0.6) is 0 Å². The fraction of sp³-hybridized carbons (Fsp3) is 0.824. The normalized spacial score (nSPS) is 33.3. The number of fused-ring (bicyclic) bond motifs is 1. The highest BCUT2D eigenvalue weighted by Crippen LogP contribution is 2.33. The van der Waals surface area contributed by atoms with Gasteiger partial charge in [-0.2, -0.15) is 4.98 Å². The molecule has 1 N–H and O–H groups in total. The van der Waals surface area contributed by atoms with Gasteiger partial charge in [-0.1, -0.05) is 5.16 Å². The number of carbonyl (C=O) groups excluding carboxylic acids is 1. The Morgan fingerprint density at radius 3 is 2.79 bits per heavy atom. The van der Waals surface area contributed by atoms with Gasteiger partial charge in [0.25, 0.3) is 0 Å². The van der Waals surface area contributed by atoms with E-state index in [-0.39, 0.29) is 24.2 Å². The molecule has 3 fully saturated rings. The van der Waals surface area contributed by atoms with Crippen molar-refractivity contribution in [3.05, 3.63) is 11.7 Å². The highest BCUT2D eigenvalue weighted by molar-refractivity contribution is 5.75. The second-order valence-corrected chi connectivity index (χ2v) is 7.28. The Kier molecular flexibility index (Phi) is 4.43. The van der Waals surface area contributed by atoms with Crippen LogP contribution in [0, 0.1) is 6.92 Å². The van der Waals surface area contributed by atoms with Crippen molar-refractivity contribution < 1.29 is 14.1 Å². The monoisotopic (exact) mass is 334 g/mol. The molecule has 4 rings (SSSR count). The average molecular weight is 334 g/mol. The number of urea groups is 1. The van der Waals surface area contributed by atoms with Gasteiger partial charge in [0.1, 0.15) is 0 Å². The second kappa shape index (κ2) is 6.70. The maximum absolute atomic E-state index is 12.7. The maximum atomic E-state index is 12.7. The summed E-state index contributed by atoms with van der Waals surface area (Å²) in [6.07, 6.45) is 7.48. The van der Waals surface area contributed by atoms with Crippen LogP contribution in [0.3, 0.4) is 0 Å². The predicted molar refractivity (Wildman–Crippen MR) is 86.6 cm³/mol. The molecular weight excluding hydrogens is 308 g/mol. The molecule has 0 spiro atoms. The molecule has 1 aromatic rings. The van der Waals surface area contributed by atoms with Gasteiger partial charge in [-0.15, -0.1) is 0 Å². The summed E-state index contributed by atoms with van der Waals surface area (Å²) in [7, 11) is 0. The number of hydrogen-bond acceptors (Lipinski definition) is 5. The van der Waals surface area contributed by atoms with Crippen LogP contribution in [0.4, 0.5) is 4.79 Å². The number of nitrogens with one attached hydrogen (secondary N) is 1. The molecule has 7 nitrogen and oxygen atoms in total. The number of nitrogens with zero attached hydrogens (tertiary/aromatic N) is 3. The van der Waals surface area contributed by atoms with Gasteiger partial charge in [0.05, 0.1) is 18.8 Å². The van der Waals surface area contributed by atoms with Gasteiger partial charge in [-0.3, -0.25) is 0 Å². The molecule has 2 amide bonds. The summed E-state index contributed by atoms with van der Waals surface area (Å²) >= 11 is 0. The smallest absolute Gasteiger partial charge is 0.318 e. The van der Waals surface area contributed by atoms with E-state index >= 15 is 0 Å². The van der Waals surface area contributed by atoms with E-state index in [2.05, 4.69) is 15.5 Å². The molecule has 1 aliphatic heterocycles. The number of rotatable bonds is 2. The molecule has 3 aliphatic rings. The summed E-state index contributed by atoms with van der Waals surface area (Å²) in [6.45, 7) is 3.22. The van der Waals surface area contributed by atoms with Gasteiger partial charge in [-0.25, -0.2) is 4.79 Å². The van der Waals surface area contributed by atoms with Gasteiger partial charge in [-0.05, 0) is 51.9 Å². The lowest BCUT2D eigenvalue weighted by Crippen LogP contribution is -2.56. The summed E-state index contributed by atoms with van der Waals surface area (Å²) < 4.78 is 11.1. The standard InChI is InChI=1S/C17H26N4O3/c1-11-18-16(24-20-11)12-5-7-13(8-6-12)19-17(22)21-9-10-23-15-4-2-3-14(15)21/h12-15H,2-10H2,1H3,(H,19,22)/t12?,13?,14-,15+/m0/s1. The van der Waals surface area contributed by atoms with E-state index in [1.54, 1.807) is 0 Å². The van der Waals surface area contributed by atoms with Crippen LogP contribution in [-0.2, 0) is 4.74 Å². The molecule has 0 radical (unpaired) electrons. The average Bonchev–Trinajstić information content (AvgIpc) is 3.24. The number of ether oxygens (including phenoxy) is 1. The molecule has 0 bridgehead atoms. The van der Waals surface area contributed by atoms with Crippen molar-refractivity contribution >= 4 is 6.03 Å². The lowest BCUT2D eigenvalue weighted by atomic mass is 9.86. The minimum Gasteiger partial charge on any atom is -0.374 e. The minimum absolute atomic E-state index is 0.0901. The lowest BCUT2D eigenvalue weighted by Gasteiger charge is -2.39. The van der Waals surface area contributed by atoms with Crippen molar-refractivity contribution in [3.63, 3.8) is 0 Å².